The van der Waals surface area contributed by atoms with E-state index < -0.39 is 53.5 Å². The monoisotopic (exact) mass is 395 g/mol. The lowest BCUT2D eigenvalue weighted by molar-refractivity contribution is -0.143. The van der Waals surface area contributed by atoms with Crippen molar-refractivity contribution >= 4 is 29.1 Å². The third-order valence-electron chi connectivity index (χ3n) is 5.00. The van der Waals surface area contributed by atoms with Crippen molar-refractivity contribution in [2.24, 2.45) is 11.8 Å². The highest BCUT2D eigenvalue weighted by molar-refractivity contribution is 6.09. The van der Waals surface area contributed by atoms with Crippen LogP contribution in [0.5, 0.6) is 0 Å². The van der Waals surface area contributed by atoms with Crippen LogP contribution in [0, 0.1) is 11.8 Å². The highest BCUT2D eigenvalue weighted by Gasteiger charge is 2.47. The molecular formula is C19H20F3N3O3. The molecule has 0 saturated carbocycles. The van der Waals surface area contributed by atoms with Crippen molar-refractivity contribution in [2.75, 3.05) is 30.9 Å². The van der Waals surface area contributed by atoms with Gasteiger partial charge in [0.1, 0.15) is 6.54 Å². The summed E-state index contributed by atoms with van der Waals surface area (Å²) in [5.41, 5.74) is -1.09. The molecule has 2 aliphatic rings. The summed E-state index contributed by atoms with van der Waals surface area (Å²) >= 11 is 0. The van der Waals surface area contributed by atoms with E-state index in [1.54, 1.807) is 14.1 Å². The second-order valence-corrected chi connectivity index (χ2v) is 7.09. The average molecular weight is 395 g/mol. The van der Waals surface area contributed by atoms with E-state index in [1.165, 1.54) is 11.0 Å². The van der Waals surface area contributed by atoms with E-state index in [4.69, 9.17) is 0 Å². The second kappa shape index (κ2) is 7.29. The van der Waals surface area contributed by atoms with Gasteiger partial charge < -0.3 is 10.2 Å². The van der Waals surface area contributed by atoms with Crippen molar-refractivity contribution in [2.45, 2.75) is 19.0 Å². The lowest BCUT2D eigenvalue weighted by Crippen LogP contribution is -2.38. The molecule has 0 radical (unpaired) electrons. The molecule has 3 amide bonds. The fourth-order valence-corrected chi connectivity index (χ4v) is 3.51. The zero-order valence-electron chi connectivity index (χ0n) is 15.4. The van der Waals surface area contributed by atoms with Gasteiger partial charge in [0.2, 0.25) is 17.7 Å². The lowest BCUT2D eigenvalue weighted by Gasteiger charge is -2.20. The molecular weight excluding hydrogens is 375 g/mol. The largest absolute Gasteiger partial charge is 0.418 e. The quantitative estimate of drug-likeness (QED) is 0.629. The van der Waals surface area contributed by atoms with E-state index in [1.807, 2.05) is 12.2 Å². The Labute approximate surface area is 160 Å². The molecule has 0 aromatic heterocycles. The van der Waals surface area contributed by atoms with E-state index in [-0.39, 0.29) is 0 Å². The first-order valence-corrected chi connectivity index (χ1v) is 8.78. The number of carbonyl (C=O) groups is 3. The number of benzene rings is 1. The van der Waals surface area contributed by atoms with Crippen LogP contribution in [0.25, 0.3) is 0 Å². The van der Waals surface area contributed by atoms with Crippen molar-refractivity contribution in [3.63, 3.8) is 0 Å². The van der Waals surface area contributed by atoms with Crippen molar-refractivity contribution in [3.05, 3.63) is 35.9 Å². The molecule has 1 saturated heterocycles. The summed E-state index contributed by atoms with van der Waals surface area (Å²) in [6.45, 7) is -0.600. The molecule has 1 aromatic carbocycles. The number of nitrogens with zero attached hydrogens (tertiary/aromatic N) is 2. The highest BCUT2D eigenvalue weighted by atomic mass is 19.4. The molecule has 2 unspecified atom stereocenters. The minimum Gasteiger partial charge on any atom is -0.378 e. The molecule has 0 bridgehead atoms. The van der Waals surface area contributed by atoms with Gasteiger partial charge >= 0.3 is 6.18 Å². The first-order valence-electron chi connectivity index (χ1n) is 8.78. The number of imide groups is 1. The number of hydrogen-bond donors (Lipinski definition) is 1. The highest BCUT2D eigenvalue weighted by Crippen LogP contribution is 2.38. The van der Waals surface area contributed by atoms with Gasteiger partial charge in [-0.15, -0.1) is 0 Å². The zero-order valence-corrected chi connectivity index (χ0v) is 15.4. The number of rotatable bonds is 4. The lowest BCUT2D eigenvalue weighted by atomic mass is 9.85. The maximum atomic E-state index is 13.4. The smallest absolute Gasteiger partial charge is 0.378 e. The predicted molar refractivity (Wildman–Crippen MR) is 96.5 cm³/mol. The average Bonchev–Trinajstić information content (AvgIpc) is 2.86. The van der Waals surface area contributed by atoms with E-state index in [0.717, 1.165) is 17.0 Å². The van der Waals surface area contributed by atoms with E-state index in [2.05, 4.69) is 5.32 Å². The molecule has 28 heavy (non-hydrogen) atoms. The maximum Gasteiger partial charge on any atom is 0.418 e. The number of amides is 3. The van der Waals surface area contributed by atoms with Gasteiger partial charge in [0, 0.05) is 19.8 Å². The number of hydrogen-bond acceptors (Lipinski definition) is 4. The molecule has 3 rings (SSSR count). The van der Waals surface area contributed by atoms with Gasteiger partial charge in [0.05, 0.1) is 23.1 Å². The number of alkyl halides is 3. The molecule has 0 spiro atoms. The standard InChI is InChI=1S/C19H20F3N3O3/c1-24(2)11-7-8-15(14(9-11)19(20,21)22)23-16(26)10-25-17(27)12-5-3-4-6-13(12)18(25)28/h3-4,7-9,12-13H,5-6,10H2,1-2H3,(H,23,26). The van der Waals surface area contributed by atoms with E-state index in [0.29, 0.717) is 18.5 Å². The summed E-state index contributed by atoms with van der Waals surface area (Å²) in [4.78, 5) is 39.5. The van der Waals surface area contributed by atoms with Gasteiger partial charge in [-0.1, -0.05) is 12.2 Å². The van der Waals surface area contributed by atoms with Gasteiger partial charge in [-0.3, -0.25) is 19.3 Å². The molecule has 1 heterocycles. The van der Waals surface area contributed by atoms with Crippen LogP contribution >= 0.6 is 0 Å². The van der Waals surface area contributed by atoms with E-state index >= 15 is 0 Å². The second-order valence-electron chi connectivity index (χ2n) is 7.09. The number of carbonyl (C=O) groups excluding carboxylic acids is 3. The van der Waals surface area contributed by atoms with Crippen LogP contribution in [0.4, 0.5) is 24.5 Å². The summed E-state index contributed by atoms with van der Waals surface area (Å²) < 4.78 is 40.1. The van der Waals surface area contributed by atoms with Gasteiger partial charge in [0.25, 0.3) is 0 Å². The summed E-state index contributed by atoms with van der Waals surface area (Å²) in [5.74, 6) is -2.73. The van der Waals surface area contributed by atoms with Crippen LogP contribution < -0.4 is 10.2 Å². The SMILES string of the molecule is CN(C)c1ccc(NC(=O)CN2C(=O)C3CC=CCC3C2=O)c(C(F)(F)F)c1. The maximum absolute atomic E-state index is 13.4. The zero-order chi connectivity index (χ0) is 20.6. The first kappa shape index (κ1) is 19.9. The molecule has 1 N–H and O–H groups in total. The minimum atomic E-state index is -4.67. The fraction of sp³-hybridized carbons (Fsp3) is 0.421. The number of anilines is 2. The van der Waals surface area contributed by atoms with Crippen molar-refractivity contribution in [1.29, 1.82) is 0 Å². The normalized spacial score (nSPS) is 21.7. The molecule has 150 valence electrons. The molecule has 6 nitrogen and oxygen atoms in total. The fourth-order valence-electron chi connectivity index (χ4n) is 3.51. The number of likely N-dealkylation sites (tertiary alicyclic amines) is 1. The van der Waals surface area contributed by atoms with Crippen LogP contribution in [0.1, 0.15) is 18.4 Å². The van der Waals surface area contributed by atoms with Gasteiger partial charge in [-0.2, -0.15) is 13.2 Å². The van der Waals surface area contributed by atoms with Crippen molar-refractivity contribution in [3.8, 4) is 0 Å². The van der Waals surface area contributed by atoms with Crippen LogP contribution in [0.15, 0.2) is 30.4 Å². The molecule has 1 aromatic rings. The first-order chi connectivity index (χ1) is 13.1. The Morgan fingerprint density at radius 3 is 2.21 bits per heavy atom. The summed E-state index contributed by atoms with van der Waals surface area (Å²) in [5, 5.41) is 2.19. The number of allylic oxidation sites excluding steroid dienone is 2. The van der Waals surface area contributed by atoms with E-state index in [9.17, 15) is 27.6 Å². The van der Waals surface area contributed by atoms with Crippen LogP contribution in [-0.4, -0.2) is 43.3 Å². The summed E-state index contributed by atoms with van der Waals surface area (Å²) in [7, 11) is 3.21. The predicted octanol–water partition coefficient (Wildman–Crippen LogP) is 2.66. The Balaban J connectivity index is 1.77. The van der Waals surface area contributed by atoms with Gasteiger partial charge in [-0.05, 0) is 31.0 Å². The van der Waals surface area contributed by atoms with Crippen LogP contribution in [-0.2, 0) is 20.6 Å². The van der Waals surface area contributed by atoms with Crippen LogP contribution in [0.3, 0.4) is 0 Å². The Morgan fingerprint density at radius 2 is 1.71 bits per heavy atom. The topological polar surface area (TPSA) is 69.7 Å². The molecule has 2 atom stereocenters. The Hall–Kier alpha value is -2.84. The Bertz CT molecular complexity index is 823. The third-order valence-corrected chi connectivity index (χ3v) is 5.00. The van der Waals surface area contributed by atoms with Gasteiger partial charge in [0.15, 0.2) is 0 Å². The van der Waals surface area contributed by atoms with Crippen molar-refractivity contribution < 1.29 is 27.6 Å². The minimum absolute atomic E-state index is 0.326. The van der Waals surface area contributed by atoms with Crippen molar-refractivity contribution in [1.82, 2.24) is 4.90 Å². The Morgan fingerprint density at radius 1 is 1.14 bits per heavy atom. The van der Waals surface area contributed by atoms with Crippen LogP contribution in [0.2, 0.25) is 0 Å². The molecule has 1 aliphatic heterocycles. The molecule has 1 aliphatic carbocycles. The number of nitrogens with one attached hydrogen (secondary N) is 1. The third kappa shape index (κ3) is 3.74. The number of halogens is 3. The molecule has 9 heteroatoms. The Kier molecular flexibility index (Phi) is 5.18. The molecule has 1 fully saturated rings. The summed E-state index contributed by atoms with van der Waals surface area (Å²) in [6.07, 6.45) is -0.181. The number of fused-ring (bicyclic) bond motifs is 1. The summed E-state index contributed by atoms with van der Waals surface area (Å²) in [6, 6.07) is 3.53. The van der Waals surface area contributed by atoms with Gasteiger partial charge in [-0.25, -0.2) is 0 Å².